The van der Waals surface area contributed by atoms with Gasteiger partial charge in [-0.2, -0.15) is 0 Å². The third kappa shape index (κ3) is 2.16. The highest BCUT2D eigenvalue weighted by Crippen LogP contribution is 2.23. The standard InChI is InChI=1S/C13H16N4/c1-17-9-12(15-16-17)8-10-4-5-13-11(7-10)3-2-6-14-13/h4-5,7,9,14H,2-3,6,8H2,1H3. The third-order valence-electron chi connectivity index (χ3n) is 3.14. The lowest BCUT2D eigenvalue weighted by molar-refractivity contribution is 0.713. The number of aromatic nitrogens is 3. The van der Waals surface area contributed by atoms with E-state index >= 15 is 0 Å². The molecule has 0 spiro atoms. The number of nitrogens with one attached hydrogen (secondary N) is 1. The Hall–Kier alpha value is -1.84. The molecule has 1 aromatic heterocycles. The second kappa shape index (κ2) is 4.20. The van der Waals surface area contributed by atoms with Crippen molar-refractivity contribution in [2.45, 2.75) is 19.3 Å². The van der Waals surface area contributed by atoms with Crippen molar-refractivity contribution < 1.29 is 0 Å². The summed E-state index contributed by atoms with van der Waals surface area (Å²) >= 11 is 0. The number of aryl methyl sites for hydroxylation is 2. The maximum absolute atomic E-state index is 4.12. The molecule has 0 saturated carbocycles. The molecule has 2 heterocycles. The maximum atomic E-state index is 4.12. The van der Waals surface area contributed by atoms with E-state index in [1.54, 1.807) is 4.68 Å². The Morgan fingerprint density at radius 1 is 1.41 bits per heavy atom. The van der Waals surface area contributed by atoms with Crippen LogP contribution in [0.1, 0.15) is 23.2 Å². The predicted octanol–water partition coefficient (Wildman–Crippen LogP) is 1.76. The SMILES string of the molecule is Cn1cc(Cc2ccc3c(c2)CCCN3)nn1. The van der Waals surface area contributed by atoms with Crippen LogP contribution in [-0.2, 0) is 19.9 Å². The van der Waals surface area contributed by atoms with Crippen LogP contribution in [0.25, 0.3) is 0 Å². The van der Waals surface area contributed by atoms with Gasteiger partial charge in [0.1, 0.15) is 0 Å². The minimum atomic E-state index is 0.862. The number of hydrogen-bond acceptors (Lipinski definition) is 3. The Bertz CT molecular complexity index is 530. The fraction of sp³-hybridized carbons (Fsp3) is 0.385. The molecule has 3 rings (SSSR count). The molecule has 0 aliphatic carbocycles. The molecule has 4 heteroatoms. The second-order valence-corrected chi connectivity index (χ2v) is 4.58. The Balaban J connectivity index is 1.84. The highest BCUT2D eigenvalue weighted by molar-refractivity contribution is 5.54. The van der Waals surface area contributed by atoms with Gasteiger partial charge in [0.05, 0.1) is 5.69 Å². The van der Waals surface area contributed by atoms with Gasteiger partial charge >= 0.3 is 0 Å². The molecule has 0 amide bonds. The van der Waals surface area contributed by atoms with E-state index in [0.29, 0.717) is 0 Å². The summed E-state index contributed by atoms with van der Waals surface area (Å²) in [5.74, 6) is 0. The summed E-state index contributed by atoms with van der Waals surface area (Å²) in [6.07, 6.45) is 5.23. The van der Waals surface area contributed by atoms with Gasteiger partial charge in [0.25, 0.3) is 0 Å². The lowest BCUT2D eigenvalue weighted by atomic mass is 9.99. The van der Waals surface area contributed by atoms with Crippen LogP contribution in [-0.4, -0.2) is 21.5 Å². The molecular weight excluding hydrogens is 212 g/mol. The molecule has 0 radical (unpaired) electrons. The molecule has 1 aliphatic rings. The van der Waals surface area contributed by atoms with Crippen molar-refractivity contribution in [2.75, 3.05) is 11.9 Å². The van der Waals surface area contributed by atoms with Gasteiger partial charge in [0.15, 0.2) is 0 Å². The van der Waals surface area contributed by atoms with E-state index in [2.05, 4.69) is 33.8 Å². The lowest BCUT2D eigenvalue weighted by Crippen LogP contribution is -2.11. The van der Waals surface area contributed by atoms with Gasteiger partial charge in [-0.25, -0.2) is 0 Å². The first-order chi connectivity index (χ1) is 8.31. The first kappa shape index (κ1) is 10.3. The van der Waals surface area contributed by atoms with E-state index < -0.39 is 0 Å². The molecule has 0 saturated heterocycles. The summed E-state index contributed by atoms with van der Waals surface area (Å²) in [6.45, 7) is 1.09. The summed E-state index contributed by atoms with van der Waals surface area (Å²) in [7, 11) is 1.90. The van der Waals surface area contributed by atoms with Crippen molar-refractivity contribution in [1.29, 1.82) is 0 Å². The number of fused-ring (bicyclic) bond motifs is 1. The van der Waals surface area contributed by atoms with E-state index in [1.165, 1.54) is 29.7 Å². The number of nitrogens with zero attached hydrogens (tertiary/aromatic N) is 3. The molecule has 1 aliphatic heterocycles. The van der Waals surface area contributed by atoms with Gasteiger partial charge in [-0.1, -0.05) is 17.3 Å². The summed E-state index contributed by atoms with van der Waals surface area (Å²) in [5.41, 5.74) is 5.06. The summed E-state index contributed by atoms with van der Waals surface area (Å²) < 4.78 is 1.75. The Morgan fingerprint density at radius 3 is 3.18 bits per heavy atom. The fourth-order valence-corrected chi connectivity index (χ4v) is 2.32. The van der Waals surface area contributed by atoms with Crippen molar-refractivity contribution in [3.63, 3.8) is 0 Å². The summed E-state index contributed by atoms with van der Waals surface area (Å²) in [5, 5.41) is 11.5. The van der Waals surface area contributed by atoms with Crippen LogP contribution in [0, 0.1) is 0 Å². The van der Waals surface area contributed by atoms with Gasteiger partial charge in [0.2, 0.25) is 0 Å². The van der Waals surface area contributed by atoms with E-state index in [-0.39, 0.29) is 0 Å². The average Bonchev–Trinajstić information content (AvgIpc) is 2.75. The predicted molar refractivity (Wildman–Crippen MR) is 67.1 cm³/mol. The summed E-state index contributed by atoms with van der Waals surface area (Å²) in [6, 6.07) is 6.64. The largest absolute Gasteiger partial charge is 0.385 e. The minimum absolute atomic E-state index is 0.862. The van der Waals surface area contributed by atoms with Gasteiger partial charge in [-0.15, -0.1) is 5.10 Å². The Kier molecular flexibility index (Phi) is 2.55. The fourth-order valence-electron chi connectivity index (χ4n) is 2.32. The van der Waals surface area contributed by atoms with E-state index in [0.717, 1.165) is 18.7 Å². The number of benzene rings is 1. The van der Waals surface area contributed by atoms with Crippen LogP contribution in [0.4, 0.5) is 5.69 Å². The minimum Gasteiger partial charge on any atom is -0.385 e. The number of rotatable bonds is 2. The molecule has 2 aromatic rings. The summed E-state index contributed by atoms with van der Waals surface area (Å²) in [4.78, 5) is 0. The second-order valence-electron chi connectivity index (χ2n) is 4.58. The molecule has 0 fully saturated rings. The average molecular weight is 228 g/mol. The van der Waals surface area contributed by atoms with Crippen molar-refractivity contribution >= 4 is 5.69 Å². The van der Waals surface area contributed by atoms with Crippen LogP contribution in [0.3, 0.4) is 0 Å². The quantitative estimate of drug-likeness (QED) is 0.851. The molecule has 4 nitrogen and oxygen atoms in total. The zero-order valence-electron chi connectivity index (χ0n) is 9.98. The Morgan fingerprint density at radius 2 is 2.35 bits per heavy atom. The molecule has 0 bridgehead atoms. The van der Waals surface area contributed by atoms with Gasteiger partial charge in [-0.3, -0.25) is 4.68 Å². The van der Waals surface area contributed by atoms with Gasteiger partial charge in [0, 0.05) is 31.9 Å². The topological polar surface area (TPSA) is 42.7 Å². The van der Waals surface area contributed by atoms with Crippen molar-refractivity contribution in [1.82, 2.24) is 15.0 Å². The third-order valence-corrected chi connectivity index (χ3v) is 3.14. The van der Waals surface area contributed by atoms with Crippen molar-refractivity contribution in [2.24, 2.45) is 7.05 Å². The molecule has 88 valence electrons. The highest BCUT2D eigenvalue weighted by Gasteiger charge is 2.09. The zero-order valence-corrected chi connectivity index (χ0v) is 9.98. The van der Waals surface area contributed by atoms with Crippen LogP contribution in [0.5, 0.6) is 0 Å². The van der Waals surface area contributed by atoms with E-state index in [9.17, 15) is 0 Å². The smallest absolute Gasteiger partial charge is 0.0870 e. The first-order valence-corrected chi connectivity index (χ1v) is 6.02. The molecular formula is C13H16N4. The molecule has 1 N–H and O–H groups in total. The van der Waals surface area contributed by atoms with E-state index in [4.69, 9.17) is 0 Å². The van der Waals surface area contributed by atoms with Gasteiger partial charge < -0.3 is 5.32 Å². The van der Waals surface area contributed by atoms with Crippen LogP contribution >= 0.6 is 0 Å². The van der Waals surface area contributed by atoms with Crippen molar-refractivity contribution in [3.05, 3.63) is 41.2 Å². The van der Waals surface area contributed by atoms with Crippen molar-refractivity contribution in [3.8, 4) is 0 Å². The molecule has 0 unspecified atom stereocenters. The normalized spacial score (nSPS) is 14.2. The Labute approximate surface area is 101 Å². The monoisotopic (exact) mass is 228 g/mol. The lowest BCUT2D eigenvalue weighted by Gasteiger charge is -2.18. The van der Waals surface area contributed by atoms with E-state index in [1.807, 2.05) is 13.2 Å². The first-order valence-electron chi connectivity index (χ1n) is 6.02. The van der Waals surface area contributed by atoms with Crippen LogP contribution < -0.4 is 5.32 Å². The van der Waals surface area contributed by atoms with Gasteiger partial charge in [-0.05, 0) is 30.0 Å². The molecule has 0 atom stereocenters. The molecule has 1 aromatic carbocycles. The highest BCUT2D eigenvalue weighted by atomic mass is 15.4. The zero-order chi connectivity index (χ0) is 11.7. The van der Waals surface area contributed by atoms with Crippen LogP contribution in [0.15, 0.2) is 24.4 Å². The van der Waals surface area contributed by atoms with Crippen LogP contribution in [0.2, 0.25) is 0 Å². The molecule has 17 heavy (non-hydrogen) atoms. The number of anilines is 1. The maximum Gasteiger partial charge on any atom is 0.0870 e. The number of hydrogen-bond donors (Lipinski definition) is 1.